The number of hydrogen-bond donors (Lipinski definition) is 1. The first-order valence-electron chi connectivity index (χ1n) is 7.13. The van der Waals surface area contributed by atoms with Crippen LogP contribution in [0.15, 0.2) is 41.1 Å². The number of rotatable bonds is 3. The molecule has 0 spiro atoms. The van der Waals surface area contributed by atoms with Crippen LogP contribution in [0.1, 0.15) is 23.1 Å². The molecule has 0 amide bonds. The predicted octanol–water partition coefficient (Wildman–Crippen LogP) is 5.10. The van der Waals surface area contributed by atoms with E-state index in [0.29, 0.717) is 5.69 Å². The molecule has 3 nitrogen and oxygen atoms in total. The number of para-hydroxylation sites is 1. The standard InChI is InChI=1S/C17H11BrClF3N2O/c1-8-14(16(25)10-6-5-9(20)7-11(10)19)24(17(18)23-8)15-12(21)3-2-4-13(15)22/h2-7,16,25H,1H3. The molecule has 0 aliphatic carbocycles. The van der Waals surface area contributed by atoms with Crippen LogP contribution in [-0.2, 0) is 0 Å². The van der Waals surface area contributed by atoms with E-state index in [2.05, 4.69) is 20.9 Å². The van der Waals surface area contributed by atoms with E-state index in [1.807, 2.05) is 0 Å². The van der Waals surface area contributed by atoms with Crippen molar-refractivity contribution < 1.29 is 18.3 Å². The summed E-state index contributed by atoms with van der Waals surface area (Å²) < 4.78 is 43.0. The average molecular weight is 432 g/mol. The van der Waals surface area contributed by atoms with Gasteiger partial charge in [0.25, 0.3) is 0 Å². The first kappa shape index (κ1) is 18.0. The van der Waals surface area contributed by atoms with Crippen LogP contribution in [0.3, 0.4) is 0 Å². The lowest BCUT2D eigenvalue weighted by molar-refractivity contribution is 0.212. The van der Waals surface area contributed by atoms with Gasteiger partial charge in [-0.1, -0.05) is 23.7 Å². The Morgan fingerprint density at radius 2 is 1.80 bits per heavy atom. The van der Waals surface area contributed by atoms with Gasteiger partial charge >= 0.3 is 0 Å². The van der Waals surface area contributed by atoms with Crippen molar-refractivity contribution in [2.75, 3.05) is 0 Å². The van der Waals surface area contributed by atoms with Gasteiger partial charge in [0.05, 0.1) is 11.4 Å². The highest BCUT2D eigenvalue weighted by Crippen LogP contribution is 2.35. The zero-order chi connectivity index (χ0) is 18.3. The fraction of sp³-hybridized carbons (Fsp3) is 0.118. The molecule has 0 bridgehead atoms. The van der Waals surface area contributed by atoms with Crippen molar-refractivity contribution in [3.05, 3.63) is 80.6 Å². The van der Waals surface area contributed by atoms with Gasteiger partial charge in [0, 0.05) is 10.6 Å². The first-order valence-corrected chi connectivity index (χ1v) is 8.30. The van der Waals surface area contributed by atoms with Crippen LogP contribution >= 0.6 is 27.5 Å². The van der Waals surface area contributed by atoms with E-state index < -0.39 is 23.6 Å². The van der Waals surface area contributed by atoms with E-state index in [4.69, 9.17) is 11.6 Å². The average Bonchev–Trinajstić information content (AvgIpc) is 2.81. The fourth-order valence-corrected chi connectivity index (χ4v) is 3.52. The van der Waals surface area contributed by atoms with Crippen LogP contribution in [-0.4, -0.2) is 14.7 Å². The smallest absolute Gasteiger partial charge is 0.182 e. The number of halogens is 5. The summed E-state index contributed by atoms with van der Waals surface area (Å²) in [6.07, 6.45) is -1.37. The Hall–Kier alpha value is -1.83. The summed E-state index contributed by atoms with van der Waals surface area (Å²) >= 11 is 9.16. The highest BCUT2D eigenvalue weighted by Gasteiger charge is 2.27. The molecule has 130 valence electrons. The third-order valence-electron chi connectivity index (χ3n) is 3.73. The summed E-state index contributed by atoms with van der Waals surface area (Å²) in [5, 5.41) is 10.7. The summed E-state index contributed by atoms with van der Waals surface area (Å²) in [5.41, 5.74) is 0.255. The van der Waals surface area contributed by atoms with E-state index in [9.17, 15) is 18.3 Å². The summed E-state index contributed by atoms with van der Waals surface area (Å²) in [6, 6.07) is 6.93. The van der Waals surface area contributed by atoms with E-state index in [-0.39, 0.29) is 26.7 Å². The van der Waals surface area contributed by atoms with Crippen LogP contribution < -0.4 is 0 Å². The van der Waals surface area contributed by atoms with Crippen LogP contribution in [0, 0.1) is 24.4 Å². The van der Waals surface area contributed by atoms with Crippen molar-refractivity contribution in [2.45, 2.75) is 13.0 Å². The van der Waals surface area contributed by atoms with Crippen molar-refractivity contribution in [3.63, 3.8) is 0 Å². The molecule has 2 aromatic carbocycles. The van der Waals surface area contributed by atoms with Gasteiger partial charge in [-0.3, -0.25) is 4.57 Å². The molecule has 3 rings (SSSR count). The number of nitrogens with zero attached hydrogens (tertiary/aromatic N) is 2. The summed E-state index contributed by atoms with van der Waals surface area (Å²) in [4.78, 5) is 4.13. The zero-order valence-corrected chi connectivity index (χ0v) is 15.1. The molecular formula is C17H11BrClF3N2O. The maximum atomic E-state index is 14.2. The first-order chi connectivity index (χ1) is 11.8. The second-order valence-corrected chi connectivity index (χ2v) is 6.44. The predicted molar refractivity (Wildman–Crippen MR) is 91.4 cm³/mol. The Morgan fingerprint density at radius 1 is 1.16 bits per heavy atom. The molecule has 0 aliphatic heterocycles. The van der Waals surface area contributed by atoms with Gasteiger partial charge in [0.2, 0.25) is 0 Å². The molecule has 0 saturated heterocycles. The molecule has 1 N–H and O–H groups in total. The Bertz CT molecular complexity index is 941. The SMILES string of the molecule is Cc1nc(Br)n(-c2c(F)cccc2F)c1C(O)c1ccc(F)cc1Cl. The number of hydrogen-bond acceptors (Lipinski definition) is 2. The lowest BCUT2D eigenvalue weighted by atomic mass is 10.0. The molecule has 1 aromatic heterocycles. The van der Waals surface area contributed by atoms with Crippen LogP contribution in [0.5, 0.6) is 0 Å². The lowest BCUT2D eigenvalue weighted by Gasteiger charge is -2.18. The van der Waals surface area contributed by atoms with Gasteiger partial charge in [-0.2, -0.15) is 0 Å². The minimum atomic E-state index is -1.37. The van der Waals surface area contributed by atoms with Crippen molar-refractivity contribution >= 4 is 27.5 Å². The Balaban J connectivity index is 2.24. The minimum Gasteiger partial charge on any atom is -0.382 e. The highest BCUT2D eigenvalue weighted by molar-refractivity contribution is 9.10. The Kier molecular flexibility index (Phi) is 4.90. The van der Waals surface area contributed by atoms with Crippen molar-refractivity contribution in [2.24, 2.45) is 0 Å². The number of aliphatic hydroxyl groups is 1. The number of aromatic nitrogens is 2. The highest BCUT2D eigenvalue weighted by atomic mass is 79.9. The third-order valence-corrected chi connectivity index (χ3v) is 4.59. The van der Waals surface area contributed by atoms with E-state index >= 15 is 0 Å². The summed E-state index contributed by atoms with van der Waals surface area (Å²) in [5.74, 6) is -2.21. The molecule has 1 unspecified atom stereocenters. The molecule has 25 heavy (non-hydrogen) atoms. The lowest BCUT2D eigenvalue weighted by Crippen LogP contribution is -2.12. The van der Waals surface area contributed by atoms with Gasteiger partial charge in [-0.15, -0.1) is 0 Å². The van der Waals surface area contributed by atoms with E-state index in [1.54, 1.807) is 6.92 Å². The Morgan fingerprint density at radius 3 is 2.40 bits per heavy atom. The minimum absolute atomic E-state index is 0.00946. The number of aryl methyl sites for hydroxylation is 1. The second-order valence-electron chi connectivity index (χ2n) is 5.33. The van der Waals surface area contributed by atoms with Gasteiger partial charge in [0.15, 0.2) is 4.73 Å². The number of imidazole rings is 1. The Labute approximate surface area is 154 Å². The van der Waals surface area contributed by atoms with Crippen molar-refractivity contribution in [3.8, 4) is 5.69 Å². The van der Waals surface area contributed by atoms with Crippen molar-refractivity contribution in [1.29, 1.82) is 0 Å². The molecular weight excluding hydrogens is 421 g/mol. The second kappa shape index (κ2) is 6.82. The molecule has 0 fully saturated rings. The fourth-order valence-electron chi connectivity index (χ4n) is 2.61. The monoisotopic (exact) mass is 430 g/mol. The van der Waals surface area contributed by atoms with E-state index in [1.165, 1.54) is 12.1 Å². The van der Waals surface area contributed by atoms with Crippen LogP contribution in [0.2, 0.25) is 5.02 Å². The number of benzene rings is 2. The van der Waals surface area contributed by atoms with Crippen LogP contribution in [0.4, 0.5) is 13.2 Å². The summed E-state index contributed by atoms with van der Waals surface area (Å²) in [7, 11) is 0. The summed E-state index contributed by atoms with van der Waals surface area (Å²) in [6.45, 7) is 1.58. The molecule has 3 aromatic rings. The third kappa shape index (κ3) is 3.19. The van der Waals surface area contributed by atoms with E-state index in [0.717, 1.165) is 28.8 Å². The molecule has 0 radical (unpaired) electrons. The molecule has 0 aliphatic rings. The maximum absolute atomic E-state index is 14.2. The molecule has 1 atom stereocenters. The zero-order valence-electron chi connectivity index (χ0n) is 12.8. The quantitative estimate of drug-likeness (QED) is 0.627. The van der Waals surface area contributed by atoms with Crippen LogP contribution in [0.25, 0.3) is 5.69 Å². The van der Waals surface area contributed by atoms with Crippen molar-refractivity contribution in [1.82, 2.24) is 9.55 Å². The normalized spacial score (nSPS) is 12.4. The maximum Gasteiger partial charge on any atom is 0.182 e. The van der Waals surface area contributed by atoms with Gasteiger partial charge in [-0.05, 0) is 47.1 Å². The topological polar surface area (TPSA) is 38.0 Å². The van der Waals surface area contributed by atoms with Gasteiger partial charge in [-0.25, -0.2) is 18.2 Å². The molecule has 0 saturated carbocycles. The van der Waals surface area contributed by atoms with Gasteiger partial charge < -0.3 is 5.11 Å². The van der Waals surface area contributed by atoms with Gasteiger partial charge in [0.1, 0.15) is 29.2 Å². The largest absolute Gasteiger partial charge is 0.382 e. The number of aliphatic hydroxyl groups excluding tert-OH is 1. The molecule has 8 heteroatoms. The molecule has 1 heterocycles.